The number of guanidine groups is 1. The summed E-state index contributed by atoms with van der Waals surface area (Å²) in [6.07, 6.45) is 11.3. The average Bonchev–Trinajstić information content (AvgIpc) is 2.98. The van der Waals surface area contributed by atoms with Gasteiger partial charge >= 0.3 is 0 Å². The molecule has 0 amide bonds. The van der Waals surface area contributed by atoms with Crippen LogP contribution in [0.15, 0.2) is 17.4 Å². The van der Waals surface area contributed by atoms with Crippen LogP contribution in [0, 0.1) is 5.92 Å². The van der Waals surface area contributed by atoms with Gasteiger partial charge in [-0.3, -0.25) is 4.99 Å². The van der Waals surface area contributed by atoms with Crippen molar-refractivity contribution in [3.63, 3.8) is 0 Å². The van der Waals surface area contributed by atoms with Crippen molar-refractivity contribution in [2.24, 2.45) is 10.9 Å². The third kappa shape index (κ3) is 5.75. The Balaban J connectivity index is 1.84. The van der Waals surface area contributed by atoms with Gasteiger partial charge in [-0.1, -0.05) is 20.3 Å². The Morgan fingerprint density at radius 2 is 2.30 bits per heavy atom. The van der Waals surface area contributed by atoms with Crippen LogP contribution in [0.2, 0.25) is 0 Å². The monoisotopic (exact) mass is 337 g/mol. The summed E-state index contributed by atoms with van der Waals surface area (Å²) in [6.45, 7) is 6.16. The van der Waals surface area contributed by atoms with E-state index in [2.05, 4.69) is 51.5 Å². The first kappa shape index (κ1) is 18.2. The zero-order chi connectivity index (χ0) is 16.7. The Kier molecular flexibility index (Phi) is 7.27. The van der Waals surface area contributed by atoms with Gasteiger partial charge in [0.05, 0.1) is 6.54 Å². The first-order chi connectivity index (χ1) is 11.1. The highest BCUT2D eigenvalue weighted by Crippen LogP contribution is 2.26. The molecule has 0 aromatic carbocycles. The van der Waals surface area contributed by atoms with Crippen LogP contribution in [0.1, 0.15) is 45.4 Å². The van der Waals surface area contributed by atoms with Crippen LogP contribution in [0.5, 0.6) is 0 Å². The van der Waals surface area contributed by atoms with E-state index < -0.39 is 0 Å². The highest BCUT2D eigenvalue weighted by atomic mass is 32.2. The van der Waals surface area contributed by atoms with Gasteiger partial charge in [0, 0.05) is 37.3 Å². The summed E-state index contributed by atoms with van der Waals surface area (Å²) < 4.78 is 2.22. The molecule has 1 fully saturated rings. The fourth-order valence-electron chi connectivity index (χ4n) is 3.11. The van der Waals surface area contributed by atoms with Gasteiger partial charge in [0.25, 0.3) is 0 Å². The van der Waals surface area contributed by atoms with Crippen molar-refractivity contribution >= 4 is 17.7 Å². The first-order valence-corrected chi connectivity index (χ1v) is 9.91. The second-order valence-corrected chi connectivity index (χ2v) is 7.82. The number of rotatable bonds is 6. The number of aliphatic imine (C=N–C) groups is 1. The van der Waals surface area contributed by atoms with Crippen LogP contribution >= 0.6 is 11.8 Å². The van der Waals surface area contributed by atoms with Crippen LogP contribution in [-0.2, 0) is 13.1 Å². The van der Waals surface area contributed by atoms with Crippen molar-refractivity contribution in [3.8, 4) is 0 Å². The quantitative estimate of drug-likeness (QED) is 0.619. The maximum Gasteiger partial charge on any atom is 0.191 e. The molecule has 1 saturated carbocycles. The molecule has 5 nitrogen and oxygen atoms in total. The summed E-state index contributed by atoms with van der Waals surface area (Å²) in [4.78, 5) is 8.84. The molecule has 23 heavy (non-hydrogen) atoms. The minimum Gasteiger partial charge on any atom is -0.354 e. The van der Waals surface area contributed by atoms with Crippen LogP contribution in [0.25, 0.3) is 0 Å². The maximum atomic E-state index is 4.46. The van der Waals surface area contributed by atoms with Gasteiger partial charge in [-0.2, -0.15) is 11.8 Å². The molecular formula is C17H31N5S. The van der Waals surface area contributed by atoms with Crippen molar-refractivity contribution in [3.05, 3.63) is 18.2 Å². The summed E-state index contributed by atoms with van der Waals surface area (Å²) in [5.41, 5.74) is 0. The molecule has 1 aliphatic rings. The van der Waals surface area contributed by atoms with Crippen molar-refractivity contribution in [1.29, 1.82) is 0 Å². The number of hydrogen-bond donors (Lipinski definition) is 2. The second-order valence-electron chi connectivity index (χ2n) is 6.68. The number of thioether (sulfide) groups is 1. The molecule has 2 unspecified atom stereocenters. The molecule has 6 heteroatoms. The lowest BCUT2D eigenvalue weighted by Crippen LogP contribution is -2.45. The van der Waals surface area contributed by atoms with Gasteiger partial charge in [0.1, 0.15) is 5.82 Å². The Bertz CT molecular complexity index is 497. The third-order valence-corrected chi connectivity index (χ3v) is 5.40. The lowest BCUT2D eigenvalue weighted by Gasteiger charge is -2.29. The van der Waals surface area contributed by atoms with Gasteiger partial charge < -0.3 is 15.2 Å². The molecule has 0 saturated heterocycles. The van der Waals surface area contributed by atoms with Crippen LogP contribution in [0.3, 0.4) is 0 Å². The van der Waals surface area contributed by atoms with Gasteiger partial charge in [0.2, 0.25) is 0 Å². The summed E-state index contributed by atoms with van der Waals surface area (Å²) in [7, 11) is 1.84. The van der Waals surface area contributed by atoms with Gasteiger partial charge in [-0.05, 0) is 31.4 Å². The molecule has 2 N–H and O–H groups in total. The van der Waals surface area contributed by atoms with Crippen molar-refractivity contribution in [2.75, 3.05) is 13.3 Å². The van der Waals surface area contributed by atoms with Crippen molar-refractivity contribution in [2.45, 2.75) is 63.9 Å². The van der Waals surface area contributed by atoms with E-state index in [1.165, 1.54) is 25.7 Å². The smallest absolute Gasteiger partial charge is 0.191 e. The largest absolute Gasteiger partial charge is 0.354 e. The molecule has 130 valence electrons. The van der Waals surface area contributed by atoms with Gasteiger partial charge in [-0.15, -0.1) is 0 Å². The Morgan fingerprint density at radius 1 is 1.48 bits per heavy atom. The van der Waals surface area contributed by atoms with E-state index in [-0.39, 0.29) is 0 Å². The lowest BCUT2D eigenvalue weighted by molar-refractivity contribution is 0.418. The Morgan fingerprint density at radius 3 is 3.00 bits per heavy atom. The Hall–Kier alpha value is -1.17. The molecule has 1 aromatic heterocycles. The van der Waals surface area contributed by atoms with E-state index in [0.717, 1.165) is 23.6 Å². The van der Waals surface area contributed by atoms with E-state index in [9.17, 15) is 0 Å². The predicted molar refractivity (Wildman–Crippen MR) is 100.0 cm³/mol. The lowest BCUT2D eigenvalue weighted by atomic mass is 9.95. The molecule has 0 aliphatic heterocycles. The van der Waals surface area contributed by atoms with E-state index >= 15 is 0 Å². The average molecular weight is 338 g/mol. The van der Waals surface area contributed by atoms with Crippen LogP contribution in [0.4, 0.5) is 0 Å². The zero-order valence-electron chi connectivity index (χ0n) is 14.9. The standard InChI is InChI=1S/C17H31N5S/c1-13(2)12-22-9-8-19-16(22)11-20-17(18-3)21-14-6-5-7-15(10-14)23-4/h8-9,13-15H,5-7,10-12H2,1-4H3,(H2,18,20,21). The van der Waals surface area contributed by atoms with Crippen LogP contribution < -0.4 is 10.6 Å². The molecule has 2 rings (SSSR count). The SMILES string of the molecule is CN=C(NCc1nccn1CC(C)C)NC1CCCC(SC)C1. The normalized spacial score (nSPS) is 22.4. The molecule has 0 bridgehead atoms. The summed E-state index contributed by atoms with van der Waals surface area (Å²) >= 11 is 1.99. The minimum absolute atomic E-state index is 0.530. The Labute approximate surface area is 144 Å². The summed E-state index contributed by atoms with van der Waals surface area (Å²) in [5.74, 6) is 2.56. The first-order valence-electron chi connectivity index (χ1n) is 8.62. The third-order valence-electron chi connectivity index (χ3n) is 4.30. The number of nitrogens with one attached hydrogen (secondary N) is 2. The van der Waals surface area contributed by atoms with E-state index in [0.29, 0.717) is 18.5 Å². The molecule has 2 atom stereocenters. The molecule has 1 heterocycles. The van der Waals surface area contributed by atoms with E-state index in [1.807, 2.05) is 25.0 Å². The minimum atomic E-state index is 0.530. The molecular weight excluding hydrogens is 306 g/mol. The van der Waals surface area contributed by atoms with Crippen LogP contribution in [-0.4, -0.2) is 40.1 Å². The van der Waals surface area contributed by atoms with Crippen molar-refractivity contribution < 1.29 is 0 Å². The maximum absolute atomic E-state index is 4.46. The fraction of sp³-hybridized carbons (Fsp3) is 0.765. The summed E-state index contributed by atoms with van der Waals surface area (Å²) in [6, 6.07) is 0.530. The summed E-state index contributed by atoms with van der Waals surface area (Å²) in [5, 5.41) is 7.78. The highest BCUT2D eigenvalue weighted by Gasteiger charge is 2.21. The van der Waals surface area contributed by atoms with Gasteiger partial charge in [0.15, 0.2) is 5.96 Å². The number of imidazole rings is 1. The molecule has 1 aromatic rings. The molecule has 0 spiro atoms. The topological polar surface area (TPSA) is 54.2 Å². The molecule has 1 aliphatic carbocycles. The highest BCUT2D eigenvalue weighted by molar-refractivity contribution is 7.99. The number of nitrogens with zero attached hydrogens (tertiary/aromatic N) is 3. The second kappa shape index (κ2) is 9.21. The predicted octanol–water partition coefficient (Wildman–Crippen LogP) is 2.88. The number of aromatic nitrogens is 2. The van der Waals surface area contributed by atoms with Crippen molar-refractivity contribution in [1.82, 2.24) is 20.2 Å². The fourth-order valence-corrected chi connectivity index (χ4v) is 3.93. The number of hydrogen-bond acceptors (Lipinski definition) is 3. The van der Waals surface area contributed by atoms with E-state index in [1.54, 1.807) is 0 Å². The zero-order valence-corrected chi connectivity index (χ0v) is 15.7. The van der Waals surface area contributed by atoms with E-state index in [4.69, 9.17) is 0 Å². The molecule has 0 radical (unpaired) electrons. The van der Waals surface area contributed by atoms with Gasteiger partial charge in [-0.25, -0.2) is 4.98 Å².